The summed E-state index contributed by atoms with van der Waals surface area (Å²) in [5, 5.41) is 2.00. The molecule has 0 amide bonds. The quantitative estimate of drug-likeness (QED) is 0.849. The SMILES string of the molecule is Cc1cnc(=O)n(Cc2cc(Br)cs2)c1. The molecule has 78 valence electrons. The van der Waals surface area contributed by atoms with Gasteiger partial charge in [0.05, 0.1) is 6.54 Å². The van der Waals surface area contributed by atoms with E-state index in [4.69, 9.17) is 0 Å². The van der Waals surface area contributed by atoms with Gasteiger partial charge in [0.25, 0.3) is 0 Å². The summed E-state index contributed by atoms with van der Waals surface area (Å²) in [6, 6.07) is 2.01. The molecule has 2 heterocycles. The molecule has 3 nitrogen and oxygen atoms in total. The standard InChI is InChI=1S/C10H9BrN2OS/c1-7-3-12-10(14)13(4-7)5-9-2-8(11)6-15-9/h2-4,6H,5H2,1H3. The summed E-state index contributed by atoms with van der Waals surface area (Å²) in [7, 11) is 0. The molecule has 0 aliphatic carbocycles. The summed E-state index contributed by atoms with van der Waals surface area (Å²) < 4.78 is 2.67. The maximum atomic E-state index is 11.4. The molecular formula is C10H9BrN2OS. The van der Waals surface area contributed by atoms with E-state index in [2.05, 4.69) is 20.9 Å². The zero-order valence-corrected chi connectivity index (χ0v) is 10.5. The van der Waals surface area contributed by atoms with E-state index in [0.717, 1.165) is 14.9 Å². The van der Waals surface area contributed by atoms with Crippen LogP contribution in [0.5, 0.6) is 0 Å². The predicted octanol–water partition coefficient (Wildman–Crippen LogP) is 2.42. The Labute approximate surface area is 99.5 Å². The van der Waals surface area contributed by atoms with Crippen molar-refractivity contribution in [3.63, 3.8) is 0 Å². The summed E-state index contributed by atoms with van der Waals surface area (Å²) in [6.07, 6.45) is 3.41. The van der Waals surface area contributed by atoms with Crippen LogP contribution < -0.4 is 5.69 Å². The molecule has 0 radical (unpaired) electrons. The Bertz CT molecular complexity index is 532. The third-order valence-electron chi connectivity index (χ3n) is 1.93. The molecule has 0 fully saturated rings. The second kappa shape index (κ2) is 4.28. The molecule has 2 rings (SSSR count). The van der Waals surface area contributed by atoms with Crippen LogP contribution in [0, 0.1) is 6.92 Å². The van der Waals surface area contributed by atoms with Gasteiger partial charge in [-0.05, 0) is 34.5 Å². The molecule has 2 aromatic heterocycles. The van der Waals surface area contributed by atoms with Gasteiger partial charge in [-0.1, -0.05) is 0 Å². The predicted molar refractivity (Wildman–Crippen MR) is 64.4 cm³/mol. The van der Waals surface area contributed by atoms with Crippen LogP contribution >= 0.6 is 27.3 Å². The fourth-order valence-electron chi connectivity index (χ4n) is 1.28. The molecular weight excluding hydrogens is 276 g/mol. The van der Waals surface area contributed by atoms with Crippen molar-refractivity contribution in [3.05, 3.63) is 49.2 Å². The molecule has 0 aliphatic heterocycles. The molecule has 0 saturated heterocycles. The molecule has 0 aromatic carbocycles. The molecule has 0 N–H and O–H groups in total. The number of nitrogens with zero attached hydrogens (tertiary/aromatic N) is 2. The molecule has 0 spiro atoms. The Kier molecular flexibility index (Phi) is 3.02. The van der Waals surface area contributed by atoms with Gasteiger partial charge in [0.1, 0.15) is 0 Å². The number of thiophene rings is 1. The minimum atomic E-state index is -0.204. The highest BCUT2D eigenvalue weighted by Crippen LogP contribution is 2.20. The van der Waals surface area contributed by atoms with Crippen molar-refractivity contribution in [2.45, 2.75) is 13.5 Å². The third-order valence-corrected chi connectivity index (χ3v) is 3.61. The molecule has 0 unspecified atom stereocenters. The molecule has 0 saturated carbocycles. The highest BCUT2D eigenvalue weighted by atomic mass is 79.9. The lowest BCUT2D eigenvalue weighted by Crippen LogP contribution is -2.22. The number of hydrogen-bond donors (Lipinski definition) is 0. The summed E-state index contributed by atoms with van der Waals surface area (Å²) in [6.45, 7) is 2.51. The Morgan fingerprint density at radius 3 is 3.07 bits per heavy atom. The number of aryl methyl sites for hydroxylation is 1. The van der Waals surface area contributed by atoms with Crippen molar-refractivity contribution in [2.75, 3.05) is 0 Å². The highest BCUT2D eigenvalue weighted by Gasteiger charge is 2.01. The Morgan fingerprint density at radius 2 is 2.40 bits per heavy atom. The van der Waals surface area contributed by atoms with Gasteiger partial charge in [-0.2, -0.15) is 0 Å². The topological polar surface area (TPSA) is 34.9 Å². The monoisotopic (exact) mass is 284 g/mol. The summed E-state index contributed by atoms with van der Waals surface area (Å²) in [4.78, 5) is 16.3. The molecule has 0 aliphatic rings. The number of halogens is 1. The first-order valence-corrected chi connectivity index (χ1v) is 6.08. The molecule has 0 atom stereocenters. The highest BCUT2D eigenvalue weighted by molar-refractivity contribution is 9.10. The molecule has 5 heteroatoms. The lowest BCUT2D eigenvalue weighted by Gasteiger charge is -2.02. The smallest absolute Gasteiger partial charge is 0.294 e. The zero-order chi connectivity index (χ0) is 10.8. The van der Waals surface area contributed by atoms with Gasteiger partial charge in [-0.15, -0.1) is 11.3 Å². The van der Waals surface area contributed by atoms with E-state index in [1.54, 1.807) is 22.1 Å². The van der Waals surface area contributed by atoms with Gasteiger partial charge in [0.2, 0.25) is 0 Å². The Morgan fingerprint density at radius 1 is 1.60 bits per heavy atom. The Balaban J connectivity index is 2.31. The van der Waals surface area contributed by atoms with Crippen molar-refractivity contribution in [2.24, 2.45) is 0 Å². The lowest BCUT2D eigenvalue weighted by molar-refractivity contribution is 0.729. The fourth-order valence-corrected chi connectivity index (χ4v) is 2.73. The van der Waals surface area contributed by atoms with Crippen LogP contribution in [0.1, 0.15) is 10.4 Å². The van der Waals surface area contributed by atoms with Gasteiger partial charge in [-0.25, -0.2) is 9.78 Å². The summed E-state index contributed by atoms with van der Waals surface area (Å²) in [5.41, 5.74) is 0.787. The lowest BCUT2D eigenvalue weighted by atomic mass is 10.4. The van der Waals surface area contributed by atoms with Crippen LogP contribution in [-0.2, 0) is 6.54 Å². The maximum Gasteiger partial charge on any atom is 0.347 e. The van der Waals surface area contributed by atoms with E-state index in [-0.39, 0.29) is 5.69 Å². The first-order chi connectivity index (χ1) is 7.15. The van der Waals surface area contributed by atoms with Crippen molar-refractivity contribution < 1.29 is 0 Å². The number of hydrogen-bond acceptors (Lipinski definition) is 3. The van der Waals surface area contributed by atoms with Crippen molar-refractivity contribution in [3.8, 4) is 0 Å². The van der Waals surface area contributed by atoms with Gasteiger partial charge < -0.3 is 0 Å². The number of aromatic nitrogens is 2. The van der Waals surface area contributed by atoms with Gasteiger partial charge in [0, 0.05) is 27.1 Å². The van der Waals surface area contributed by atoms with E-state index in [0.29, 0.717) is 6.54 Å². The largest absolute Gasteiger partial charge is 0.347 e. The Hall–Kier alpha value is -0.940. The van der Waals surface area contributed by atoms with E-state index in [1.165, 1.54) is 0 Å². The van der Waals surface area contributed by atoms with Crippen molar-refractivity contribution >= 4 is 27.3 Å². The van der Waals surface area contributed by atoms with Crippen LogP contribution in [-0.4, -0.2) is 9.55 Å². The fraction of sp³-hybridized carbons (Fsp3) is 0.200. The van der Waals surface area contributed by atoms with Crippen LogP contribution in [0.4, 0.5) is 0 Å². The van der Waals surface area contributed by atoms with Crippen LogP contribution in [0.2, 0.25) is 0 Å². The summed E-state index contributed by atoms with van der Waals surface area (Å²) >= 11 is 5.01. The molecule has 15 heavy (non-hydrogen) atoms. The van der Waals surface area contributed by atoms with Crippen molar-refractivity contribution in [1.82, 2.24) is 9.55 Å². The molecule has 2 aromatic rings. The van der Waals surface area contributed by atoms with Gasteiger partial charge >= 0.3 is 5.69 Å². The minimum Gasteiger partial charge on any atom is -0.294 e. The van der Waals surface area contributed by atoms with Crippen molar-refractivity contribution in [1.29, 1.82) is 0 Å². The van der Waals surface area contributed by atoms with E-state index >= 15 is 0 Å². The second-order valence-electron chi connectivity index (χ2n) is 3.27. The minimum absolute atomic E-state index is 0.204. The van der Waals surface area contributed by atoms with Crippen LogP contribution in [0.25, 0.3) is 0 Å². The second-order valence-corrected chi connectivity index (χ2v) is 5.18. The average molecular weight is 285 g/mol. The normalized spacial score (nSPS) is 10.5. The zero-order valence-electron chi connectivity index (χ0n) is 8.11. The first kappa shape index (κ1) is 10.6. The number of rotatable bonds is 2. The van der Waals surface area contributed by atoms with Gasteiger partial charge in [0.15, 0.2) is 0 Å². The van der Waals surface area contributed by atoms with E-state index in [9.17, 15) is 4.79 Å². The first-order valence-electron chi connectivity index (χ1n) is 4.41. The van der Waals surface area contributed by atoms with Crippen LogP contribution in [0.15, 0.2) is 33.1 Å². The van der Waals surface area contributed by atoms with E-state index < -0.39 is 0 Å². The molecule has 0 bridgehead atoms. The van der Waals surface area contributed by atoms with Gasteiger partial charge in [-0.3, -0.25) is 4.57 Å². The average Bonchev–Trinajstić information content (AvgIpc) is 2.58. The van der Waals surface area contributed by atoms with E-state index in [1.807, 2.05) is 24.6 Å². The summed E-state index contributed by atoms with van der Waals surface area (Å²) in [5.74, 6) is 0. The van der Waals surface area contributed by atoms with Crippen LogP contribution in [0.3, 0.4) is 0 Å². The third kappa shape index (κ3) is 2.54. The maximum absolute atomic E-state index is 11.4.